The fourth-order valence-electron chi connectivity index (χ4n) is 2.02. The van der Waals surface area contributed by atoms with Gasteiger partial charge in [-0.05, 0) is 20.3 Å². The molecule has 1 unspecified atom stereocenters. The van der Waals surface area contributed by atoms with Crippen LogP contribution in [0.3, 0.4) is 0 Å². The van der Waals surface area contributed by atoms with E-state index in [9.17, 15) is 4.79 Å². The molecule has 0 saturated carbocycles. The van der Waals surface area contributed by atoms with Crippen molar-refractivity contribution >= 4 is 17.7 Å². The van der Waals surface area contributed by atoms with Crippen LogP contribution < -0.4 is 0 Å². The average molecular weight is 257 g/mol. The lowest BCUT2D eigenvalue weighted by Crippen LogP contribution is -2.32. The number of thioether (sulfide) groups is 1. The van der Waals surface area contributed by atoms with Crippen LogP contribution in [-0.2, 0) is 15.1 Å². The number of hydrogen-bond donors (Lipinski definition) is 1. The fraction of sp³-hybridized carbons (Fsp3) is 0.700. The van der Waals surface area contributed by atoms with Crippen LogP contribution in [0.1, 0.15) is 19.2 Å². The van der Waals surface area contributed by atoms with Crippen molar-refractivity contribution in [1.82, 2.24) is 14.8 Å². The van der Waals surface area contributed by atoms with Crippen LogP contribution >= 0.6 is 11.8 Å². The zero-order valence-corrected chi connectivity index (χ0v) is 10.7. The van der Waals surface area contributed by atoms with Gasteiger partial charge in [0, 0.05) is 6.61 Å². The average Bonchev–Trinajstić information content (AvgIpc) is 2.83. The first-order valence-electron chi connectivity index (χ1n) is 5.38. The topological polar surface area (TPSA) is 77.2 Å². The molecule has 1 atom stereocenters. The van der Waals surface area contributed by atoms with Gasteiger partial charge in [-0.1, -0.05) is 11.8 Å². The summed E-state index contributed by atoms with van der Waals surface area (Å²) >= 11 is 1.20. The van der Waals surface area contributed by atoms with Gasteiger partial charge in [0.05, 0.1) is 17.9 Å². The predicted molar refractivity (Wildman–Crippen MR) is 62.2 cm³/mol. The lowest BCUT2D eigenvalue weighted by atomic mass is 10.0. The Hall–Kier alpha value is -1.08. The number of ether oxygens (including phenoxy) is 1. The monoisotopic (exact) mass is 257 g/mol. The summed E-state index contributed by atoms with van der Waals surface area (Å²) in [7, 11) is 0. The number of carboxylic acid groups (broad SMARTS) is 1. The molecule has 0 amide bonds. The van der Waals surface area contributed by atoms with Gasteiger partial charge < -0.3 is 9.84 Å². The molecule has 0 bridgehead atoms. The highest BCUT2D eigenvalue weighted by Gasteiger charge is 2.35. The van der Waals surface area contributed by atoms with Gasteiger partial charge in [-0.3, -0.25) is 9.36 Å². The summed E-state index contributed by atoms with van der Waals surface area (Å²) in [5.74, 6) is -0.0596. The molecule has 0 radical (unpaired) electrons. The maximum atomic E-state index is 10.6. The molecular formula is C10H15N3O3S. The van der Waals surface area contributed by atoms with Gasteiger partial charge in [0.2, 0.25) is 0 Å². The third-order valence-corrected chi connectivity index (χ3v) is 3.77. The summed E-state index contributed by atoms with van der Waals surface area (Å²) < 4.78 is 7.41. The molecule has 1 aliphatic heterocycles. The van der Waals surface area contributed by atoms with Gasteiger partial charge in [0.25, 0.3) is 0 Å². The zero-order chi connectivity index (χ0) is 12.5. The first kappa shape index (κ1) is 12.4. The van der Waals surface area contributed by atoms with Crippen molar-refractivity contribution in [2.75, 3.05) is 19.0 Å². The van der Waals surface area contributed by atoms with Crippen molar-refractivity contribution in [2.45, 2.75) is 31.0 Å². The van der Waals surface area contributed by atoms with Gasteiger partial charge in [0.1, 0.15) is 5.82 Å². The van der Waals surface area contributed by atoms with Crippen molar-refractivity contribution < 1.29 is 14.6 Å². The molecule has 0 aliphatic carbocycles. The number of carboxylic acids is 1. The minimum absolute atomic E-state index is 0.00489. The maximum absolute atomic E-state index is 10.6. The lowest BCUT2D eigenvalue weighted by Gasteiger charge is -2.26. The molecule has 2 heterocycles. The Bertz CT molecular complexity index is 426. The second-order valence-electron chi connectivity index (χ2n) is 4.35. The quantitative estimate of drug-likeness (QED) is 0.807. The number of hydrogen-bond acceptors (Lipinski definition) is 5. The van der Waals surface area contributed by atoms with E-state index >= 15 is 0 Å². The molecule has 1 aromatic rings. The van der Waals surface area contributed by atoms with Gasteiger partial charge in [-0.2, -0.15) is 0 Å². The molecule has 0 spiro atoms. The number of aryl methyl sites for hydroxylation is 1. The Balaban J connectivity index is 2.25. The summed E-state index contributed by atoms with van der Waals surface area (Å²) in [5.41, 5.74) is -0.158. The Morgan fingerprint density at radius 2 is 2.41 bits per heavy atom. The molecule has 6 nitrogen and oxygen atoms in total. The van der Waals surface area contributed by atoms with Crippen molar-refractivity contribution in [3.63, 3.8) is 0 Å². The molecule has 1 aromatic heterocycles. The molecule has 7 heteroatoms. The molecule has 17 heavy (non-hydrogen) atoms. The van der Waals surface area contributed by atoms with Crippen LogP contribution in [0.5, 0.6) is 0 Å². The van der Waals surface area contributed by atoms with Crippen LogP contribution in [-0.4, -0.2) is 44.8 Å². The normalized spacial score (nSPS) is 24.1. The van der Waals surface area contributed by atoms with Crippen LogP contribution in [0.4, 0.5) is 0 Å². The molecule has 1 N–H and O–H groups in total. The molecule has 94 valence electrons. The smallest absolute Gasteiger partial charge is 0.313 e. The van der Waals surface area contributed by atoms with E-state index in [0.717, 1.165) is 18.9 Å². The van der Waals surface area contributed by atoms with E-state index < -0.39 is 5.97 Å². The fourth-order valence-corrected chi connectivity index (χ4v) is 2.85. The second kappa shape index (κ2) is 4.66. The van der Waals surface area contributed by atoms with E-state index in [4.69, 9.17) is 9.84 Å². The van der Waals surface area contributed by atoms with Crippen LogP contribution in [0, 0.1) is 6.92 Å². The largest absolute Gasteiger partial charge is 0.481 e. The first-order valence-corrected chi connectivity index (χ1v) is 6.36. The Kier molecular flexibility index (Phi) is 3.39. The SMILES string of the molecule is Cc1nnc(SCC(=O)O)n1C1(C)CCOC1. The maximum Gasteiger partial charge on any atom is 0.313 e. The summed E-state index contributed by atoms with van der Waals surface area (Å²) in [5, 5.41) is 17.4. The third kappa shape index (κ3) is 2.44. The van der Waals surface area contributed by atoms with Crippen molar-refractivity contribution in [1.29, 1.82) is 0 Å². The van der Waals surface area contributed by atoms with E-state index in [0.29, 0.717) is 11.8 Å². The highest BCUT2D eigenvalue weighted by molar-refractivity contribution is 7.99. The van der Waals surface area contributed by atoms with Gasteiger partial charge >= 0.3 is 5.97 Å². The van der Waals surface area contributed by atoms with Gasteiger partial charge in [-0.25, -0.2) is 0 Å². The summed E-state index contributed by atoms with van der Waals surface area (Å²) in [4.78, 5) is 10.6. The van der Waals surface area contributed by atoms with Gasteiger partial charge in [0.15, 0.2) is 5.16 Å². The number of aliphatic carboxylic acids is 1. The van der Waals surface area contributed by atoms with E-state index in [-0.39, 0.29) is 11.3 Å². The van der Waals surface area contributed by atoms with Crippen molar-refractivity contribution in [3.05, 3.63) is 5.82 Å². The van der Waals surface area contributed by atoms with Crippen molar-refractivity contribution in [2.24, 2.45) is 0 Å². The predicted octanol–water partition coefficient (Wildman–Crippen LogP) is 0.899. The molecular weight excluding hydrogens is 242 g/mol. The minimum atomic E-state index is -0.852. The first-order chi connectivity index (χ1) is 8.03. The van der Waals surface area contributed by atoms with E-state index in [2.05, 4.69) is 17.1 Å². The molecule has 1 saturated heterocycles. The highest BCUT2D eigenvalue weighted by Crippen LogP contribution is 2.32. The van der Waals surface area contributed by atoms with Crippen LogP contribution in [0.2, 0.25) is 0 Å². The highest BCUT2D eigenvalue weighted by atomic mass is 32.2. The summed E-state index contributed by atoms with van der Waals surface area (Å²) in [6.07, 6.45) is 0.895. The van der Waals surface area contributed by atoms with E-state index in [1.807, 2.05) is 11.5 Å². The Labute approximate surface area is 103 Å². The Morgan fingerprint density at radius 1 is 1.65 bits per heavy atom. The van der Waals surface area contributed by atoms with E-state index in [1.54, 1.807) is 0 Å². The number of nitrogens with zero attached hydrogens (tertiary/aromatic N) is 3. The second-order valence-corrected chi connectivity index (χ2v) is 5.29. The van der Waals surface area contributed by atoms with E-state index in [1.165, 1.54) is 11.8 Å². The number of carbonyl (C=O) groups is 1. The standard InChI is InChI=1S/C10H15N3O3S/c1-7-11-12-9(17-5-8(14)15)13(7)10(2)3-4-16-6-10/h3-6H2,1-2H3,(H,14,15). The zero-order valence-electron chi connectivity index (χ0n) is 9.84. The Morgan fingerprint density at radius 3 is 3.00 bits per heavy atom. The van der Waals surface area contributed by atoms with Gasteiger partial charge in [-0.15, -0.1) is 10.2 Å². The molecule has 1 aliphatic rings. The number of aromatic nitrogens is 3. The molecule has 0 aromatic carbocycles. The molecule has 2 rings (SSSR count). The van der Waals surface area contributed by atoms with Crippen LogP contribution in [0.15, 0.2) is 5.16 Å². The summed E-state index contributed by atoms with van der Waals surface area (Å²) in [6.45, 7) is 5.30. The van der Waals surface area contributed by atoms with Crippen molar-refractivity contribution in [3.8, 4) is 0 Å². The third-order valence-electron chi connectivity index (χ3n) is 2.86. The minimum Gasteiger partial charge on any atom is -0.481 e. The lowest BCUT2D eigenvalue weighted by molar-refractivity contribution is -0.133. The number of rotatable bonds is 4. The molecule has 1 fully saturated rings. The van der Waals surface area contributed by atoms with Crippen LogP contribution in [0.25, 0.3) is 0 Å². The summed E-state index contributed by atoms with van der Waals surface area (Å²) in [6, 6.07) is 0.